The molecule has 1 heterocycles. The van der Waals surface area contributed by atoms with Crippen LogP contribution in [0.2, 0.25) is 0 Å². The van der Waals surface area contributed by atoms with E-state index < -0.39 is 5.97 Å². The van der Waals surface area contributed by atoms with E-state index >= 15 is 0 Å². The molecule has 98 valence electrons. The number of hydrogen-bond donors (Lipinski definition) is 2. The molecule has 2 N–H and O–H groups in total. The number of rotatable bonds is 8. The molecule has 0 aromatic carbocycles. The number of likely N-dealkylation sites (tertiary alicyclic amines) is 1. The number of hydrogen-bond acceptors (Lipinski definition) is 3. The Morgan fingerprint density at radius 3 is 3.12 bits per heavy atom. The molecule has 1 aliphatic heterocycles. The third kappa shape index (κ3) is 6.44. The fourth-order valence-corrected chi connectivity index (χ4v) is 2.36. The first-order valence-electron chi connectivity index (χ1n) is 6.48. The molecule has 0 aliphatic carbocycles. The molecule has 0 spiro atoms. The lowest BCUT2D eigenvalue weighted by Gasteiger charge is -2.32. The number of nitrogens with zero attached hydrogens (tertiary/aromatic N) is 1. The summed E-state index contributed by atoms with van der Waals surface area (Å²) in [6.45, 7) is 8.06. The highest BCUT2D eigenvalue weighted by Crippen LogP contribution is 2.16. The van der Waals surface area contributed by atoms with Crippen LogP contribution in [0.25, 0.3) is 0 Å². The summed E-state index contributed by atoms with van der Waals surface area (Å²) in [5, 5.41) is 11.6. The second-order valence-electron chi connectivity index (χ2n) is 4.76. The zero-order valence-corrected chi connectivity index (χ0v) is 10.5. The van der Waals surface area contributed by atoms with Crippen LogP contribution < -0.4 is 5.32 Å². The summed E-state index contributed by atoms with van der Waals surface area (Å²) in [6, 6.07) is 0. The van der Waals surface area contributed by atoms with Crippen LogP contribution in [0.3, 0.4) is 0 Å². The van der Waals surface area contributed by atoms with Crippen LogP contribution in [0.1, 0.15) is 25.7 Å². The molecule has 1 rings (SSSR count). The predicted molar refractivity (Wildman–Crippen MR) is 69.1 cm³/mol. The smallest absolute Gasteiger partial charge is 0.317 e. The van der Waals surface area contributed by atoms with Crippen molar-refractivity contribution in [3.63, 3.8) is 0 Å². The van der Waals surface area contributed by atoms with E-state index in [0.717, 1.165) is 26.1 Å². The van der Waals surface area contributed by atoms with E-state index in [0.29, 0.717) is 5.92 Å². The number of unbranched alkanes of at least 4 members (excludes halogenated alkanes) is 1. The molecule has 4 heteroatoms. The zero-order chi connectivity index (χ0) is 12.5. The van der Waals surface area contributed by atoms with E-state index in [2.05, 4.69) is 16.8 Å². The zero-order valence-electron chi connectivity index (χ0n) is 10.5. The van der Waals surface area contributed by atoms with Crippen LogP contribution in [-0.4, -0.2) is 48.7 Å². The summed E-state index contributed by atoms with van der Waals surface area (Å²) >= 11 is 0. The number of aliphatic carboxylic acids is 1. The second-order valence-corrected chi connectivity index (χ2v) is 4.76. The van der Waals surface area contributed by atoms with Crippen molar-refractivity contribution >= 4 is 5.97 Å². The summed E-state index contributed by atoms with van der Waals surface area (Å²) in [6.07, 6.45) is 6.67. The molecule has 0 bridgehead atoms. The summed E-state index contributed by atoms with van der Waals surface area (Å²) in [7, 11) is 0. The van der Waals surface area contributed by atoms with Gasteiger partial charge in [0, 0.05) is 6.54 Å². The van der Waals surface area contributed by atoms with Gasteiger partial charge in [-0.25, -0.2) is 0 Å². The fraction of sp³-hybridized carbons (Fsp3) is 0.769. The molecule has 4 nitrogen and oxygen atoms in total. The molecule has 1 fully saturated rings. The molecule has 0 aromatic heterocycles. The standard InChI is InChI=1S/C13H24N2O2/c1-2-3-4-7-15-8-5-6-12(11-15)9-14-10-13(16)17/h2,12,14H,1,3-11H2,(H,16,17). The fourth-order valence-electron chi connectivity index (χ4n) is 2.36. The molecule has 1 saturated heterocycles. The molecular weight excluding hydrogens is 216 g/mol. The van der Waals surface area contributed by atoms with Gasteiger partial charge in [0.25, 0.3) is 0 Å². The minimum absolute atomic E-state index is 0.0764. The summed E-state index contributed by atoms with van der Waals surface area (Å²) in [5.41, 5.74) is 0. The van der Waals surface area contributed by atoms with E-state index in [1.165, 1.54) is 25.8 Å². The van der Waals surface area contributed by atoms with Crippen LogP contribution in [-0.2, 0) is 4.79 Å². The van der Waals surface area contributed by atoms with Crippen LogP contribution >= 0.6 is 0 Å². The quantitative estimate of drug-likeness (QED) is 0.496. The summed E-state index contributed by atoms with van der Waals surface area (Å²) in [4.78, 5) is 12.9. The number of carboxylic acid groups (broad SMARTS) is 1. The average molecular weight is 240 g/mol. The Morgan fingerprint density at radius 2 is 2.41 bits per heavy atom. The third-order valence-electron chi connectivity index (χ3n) is 3.19. The number of allylic oxidation sites excluding steroid dienone is 1. The topological polar surface area (TPSA) is 52.6 Å². The molecule has 17 heavy (non-hydrogen) atoms. The maximum atomic E-state index is 10.4. The summed E-state index contributed by atoms with van der Waals surface area (Å²) < 4.78 is 0. The number of nitrogens with one attached hydrogen (secondary N) is 1. The normalized spacial score (nSPS) is 21.3. The van der Waals surface area contributed by atoms with E-state index in [4.69, 9.17) is 5.11 Å². The number of carbonyl (C=O) groups is 1. The van der Waals surface area contributed by atoms with Gasteiger partial charge in [-0.05, 0) is 51.2 Å². The van der Waals surface area contributed by atoms with Gasteiger partial charge in [0.2, 0.25) is 0 Å². The van der Waals surface area contributed by atoms with Crippen molar-refractivity contribution in [1.29, 1.82) is 0 Å². The first-order chi connectivity index (χ1) is 8.22. The van der Waals surface area contributed by atoms with E-state index in [-0.39, 0.29) is 6.54 Å². The number of piperidine rings is 1. The Morgan fingerprint density at radius 1 is 1.59 bits per heavy atom. The van der Waals surface area contributed by atoms with Crippen molar-refractivity contribution in [3.8, 4) is 0 Å². The maximum absolute atomic E-state index is 10.4. The highest BCUT2D eigenvalue weighted by Gasteiger charge is 2.19. The van der Waals surface area contributed by atoms with Crippen molar-refractivity contribution in [2.45, 2.75) is 25.7 Å². The highest BCUT2D eigenvalue weighted by molar-refractivity contribution is 5.68. The lowest BCUT2D eigenvalue weighted by atomic mass is 9.98. The Labute approximate surface area is 104 Å². The van der Waals surface area contributed by atoms with Gasteiger partial charge >= 0.3 is 5.97 Å². The molecule has 0 saturated carbocycles. The van der Waals surface area contributed by atoms with Crippen molar-refractivity contribution in [2.75, 3.05) is 32.7 Å². The highest BCUT2D eigenvalue weighted by atomic mass is 16.4. The second kappa shape index (κ2) is 8.25. The predicted octanol–water partition coefficient (Wildman–Crippen LogP) is 1.34. The lowest BCUT2D eigenvalue weighted by Crippen LogP contribution is -2.40. The van der Waals surface area contributed by atoms with E-state index in [1.807, 2.05) is 6.08 Å². The maximum Gasteiger partial charge on any atom is 0.317 e. The van der Waals surface area contributed by atoms with Gasteiger partial charge in [-0.3, -0.25) is 4.79 Å². The molecule has 1 aliphatic rings. The van der Waals surface area contributed by atoms with Crippen molar-refractivity contribution < 1.29 is 9.90 Å². The molecule has 1 atom stereocenters. The first-order valence-corrected chi connectivity index (χ1v) is 6.48. The molecule has 0 radical (unpaired) electrons. The SMILES string of the molecule is C=CCCCN1CCCC(CNCC(=O)O)C1. The third-order valence-corrected chi connectivity index (χ3v) is 3.19. The first kappa shape index (κ1) is 14.2. The van der Waals surface area contributed by atoms with Gasteiger partial charge in [-0.15, -0.1) is 6.58 Å². The molecule has 0 amide bonds. The van der Waals surface area contributed by atoms with Crippen molar-refractivity contribution in [3.05, 3.63) is 12.7 Å². The Hall–Kier alpha value is -0.870. The van der Waals surface area contributed by atoms with Crippen LogP contribution in [0.4, 0.5) is 0 Å². The largest absolute Gasteiger partial charge is 0.480 e. The van der Waals surface area contributed by atoms with Gasteiger partial charge in [0.05, 0.1) is 6.54 Å². The van der Waals surface area contributed by atoms with Crippen LogP contribution in [0.5, 0.6) is 0 Å². The van der Waals surface area contributed by atoms with Gasteiger partial charge in [0.15, 0.2) is 0 Å². The minimum Gasteiger partial charge on any atom is -0.480 e. The van der Waals surface area contributed by atoms with Gasteiger partial charge in [-0.1, -0.05) is 6.08 Å². The summed E-state index contributed by atoms with van der Waals surface area (Å²) in [5.74, 6) is -0.171. The van der Waals surface area contributed by atoms with Crippen LogP contribution in [0.15, 0.2) is 12.7 Å². The molecule has 0 aromatic rings. The van der Waals surface area contributed by atoms with Gasteiger partial charge < -0.3 is 15.3 Å². The van der Waals surface area contributed by atoms with Gasteiger partial charge in [-0.2, -0.15) is 0 Å². The molecular formula is C13H24N2O2. The van der Waals surface area contributed by atoms with E-state index in [9.17, 15) is 4.79 Å². The van der Waals surface area contributed by atoms with Gasteiger partial charge in [0.1, 0.15) is 0 Å². The van der Waals surface area contributed by atoms with Crippen LogP contribution in [0, 0.1) is 5.92 Å². The Kier molecular flexibility index (Phi) is 6.89. The van der Waals surface area contributed by atoms with Crippen molar-refractivity contribution in [2.24, 2.45) is 5.92 Å². The minimum atomic E-state index is -0.774. The Bertz CT molecular complexity index is 244. The van der Waals surface area contributed by atoms with Crippen molar-refractivity contribution in [1.82, 2.24) is 10.2 Å². The molecule has 1 unspecified atom stereocenters. The average Bonchev–Trinajstić information content (AvgIpc) is 2.29. The van der Waals surface area contributed by atoms with E-state index in [1.54, 1.807) is 0 Å². The number of carboxylic acids is 1. The monoisotopic (exact) mass is 240 g/mol. The Balaban J connectivity index is 2.14. The lowest BCUT2D eigenvalue weighted by molar-refractivity contribution is -0.136.